The van der Waals surface area contributed by atoms with Crippen LogP contribution in [0.25, 0.3) is 11.5 Å². The van der Waals surface area contributed by atoms with Gasteiger partial charge in [-0.25, -0.2) is 4.79 Å². The van der Waals surface area contributed by atoms with Gasteiger partial charge in [0, 0.05) is 38.6 Å². The first-order chi connectivity index (χ1) is 14.4. The topological polar surface area (TPSA) is 115 Å². The normalized spacial score (nSPS) is 16.0. The largest absolute Gasteiger partial charge is 0.480 e. The number of aromatic carboxylic acids is 1. The standard InChI is InChI=1S/C21H19N3O6/c1-12-22-23-19(28-12)13-3-5-15(6-4-13)29-16-9-14(21(26)27)10-17(11-16)30-18-7-8-24(2)20(18)25/h3-6,9-11,18H,7-8H2,1-2H3,(H,26,27)/t18-/m0/s1. The van der Waals surface area contributed by atoms with Crippen LogP contribution < -0.4 is 9.47 Å². The van der Waals surface area contributed by atoms with E-state index in [1.807, 2.05) is 0 Å². The van der Waals surface area contributed by atoms with Crippen molar-refractivity contribution in [2.24, 2.45) is 0 Å². The smallest absolute Gasteiger partial charge is 0.335 e. The molecule has 154 valence electrons. The molecule has 0 saturated carbocycles. The molecule has 2 heterocycles. The van der Waals surface area contributed by atoms with E-state index in [-0.39, 0.29) is 23.0 Å². The molecule has 0 unspecified atom stereocenters. The van der Waals surface area contributed by atoms with Gasteiger partial charge in [-0.3, -0.25) is 4.79 Å². The van der Waals surface area contributed by atoms with Crippen molar-refractivity contribution >= 4 is 11.9 Å². The third kappa shape index (κ3) is 4.09. The number of amides is 1. The van der Waals surface area contributed by atoms with Crippen LogP contribution in [0.5, 0.6) is 17.2 Å². The van der Waals surface area contributed by atoms with Crippen LogP contribution in [0, 0.1) is 6.92 Å². The second kappa shape index (κ2) is 7.86. The molecule has 30 heavy (non-hydrogen) atoms. The van der Waals surface area contributed by atoms with Crippen molar-refractivity contribution in [2.75, 3.05) is 13.6 Å². The molecule has 1 aromatic heterocycles. The SMILES string of the molecule is Cc1nnc(-c2ccc(Oc3cc(O[C@H]4CCN(C)C4=O)cc(C(=O)O)c3)cc2)o1. The summed E-state index contributed by atoms with van der Waals surface area (Å²) in [4.78, 5) is 25.2. The monoisotopic (exact) mass is 409 g/mol. The third-order valence-corrected chi connectivity index (χ3v) is 4.65. The van der Waals surface area contributed by atoms with Crippen LogP contribution in [0.3, 0.4) is 0 Å². The molecule has 1 fully saturated rings. The fourth-order valence-electron chi connectivity index (χ4n) is 3.10. The number of nitrogens with zero attached hydrogens (tertiary/aromatic N) is 3. The molecule has 3 aromatic rings. The Morgan fingerprint density at radius 2 is 1.87 bits per heavy atom. The Kier molecular flexibility index (Phi) is 5.09. The number of ether oxygens (including phenoxy) is 2. The number of carboxylic acid groups (broad SMARTS) is 1. The van der Waals surface area contributed by atoms with Crippen LogP contribution in [0.1, 0.15) is 22.7 Å². The summed E-state index contributed by atoms with van der Waals surface area (Å²) in [5.74, 6) is 0.637. The van der Waals surface area contributed by atoms with E-state index in [0.717, 1.165) is 5.56 Å². The van der Waals surface area contributed by atoms with Crippen molar-refractivity contribution in [3.63, 3.8) is 0 Å². The van der Waals surface area contributed by atoms with Crippen LogP contribution in [0.2, 0.25) is 0 Å². The predicted octanol–water partition coefficient (Wildman–Crippen LogP) is 3.15. The van der Waals surface area contributed by atoms with Gasteiger partial charge in [0.05, 0.1) is 5.56 Å². The zero-order valence-corrected chi connectivity index (χ0v) is 16.4. The lowest BCUT2D eigenvalue weighted by molar-refractivity contribution is -0.132. The summed E-state index contributed by atoms with van der Waals surface area (Å²) < 4.78 is 16.9. The molecule has 0 spiro atoms. The number of carbonyl (C=O) groups excluding carboxylic acids is 1. The van der Waals surface area contributed by atoms with Crippen molar-refractivity contribution in [1.29, 1.82) is 0 Å². The quantitative estimate of drug-likeness (QED) is 0.660. The van der Waals surface area contributed by atoms with E-state index in [1.54, 1.807) is 49.2 Å². The maximum atomic E-state index is 12.1. The van der Waals surface area contributed by atoms with Crippen molar-refractivity contribution in [2.45, 2.75) is 19.4 Å². The Morgan fingerprint density at radius 1 is 1.13 bits per heavy atom. The van der Waals surface area contributed by atoms with Gasteiger partial charge < -0.3 is 23.9 Å². The number of benzene rings is 2. The molecule has 9 nitrogen and oxygen atoms in total. The summed E-state index contributed by atoms with van der Waals surface area (Å²) in [6, 6.07) is 11.3. The third-order valence-electron chi connectivity index (χ3n) is 4.65. The summed E-state index contributed by atoms with van der Waals surface area (Å²) in [7, 11) is 1.70. The van der Waals surface area contributed by atoms with E-state index in [0.29, 0.717) is 30.5 Å². The lowest BCUT2D eigenvalue weighted by Crippen LogP contribution is -2.29. The Bertz CT molecular complexity index is 1090. The number of aromatic nitrogens is 2. The highest BCUT2D eigenvalue weighted by Gasteiger charge is 2.31. The van der Waals surface area contributed by atoms with Gasteiger partial charge in [-0.1, -0.05) is 0 Å². The average Bonchev–Trinajstić information content (AvgIpc) is 3.29. The van der Waals surface area contributed by atoms with E-state index in [2.05, 4.69) is 10.2 Å². The van der Waals surface area contributed by atoms with Crippen LogP contribution in [-0.4, -0.2) is 51.8 Å². The van der Waals surface area contributed by atoms with Crippen LogP contribution >= 0.6 is 0 Å². The maximum absolute atomic E-state index is 12.1. The molecule has 1 saturated heterocycles. The van der Waals surface area contributed by atoms with Crippen molar-refractivity contribution in [3.8, 4) is 28.7 Å². The fraction of sp³-hybridized carbons (Fsp3) is 0.238. The molecule has 4 rings (SSSR count). The molecule has 9 heteroatoms. The summed E-state index contributed by atoms with van der Waals surface area (Å²) in [6.45, 7) is 2.30. The predicted molar refractivity (Wildman–Crippen MR) is 105 cm³/mol. The molecule has 2 aromatic carbocycles. The van der Waals surface area contributed by atoms with Crippen LogP contribution in [0.15, 0.2) is 46.9 Å². The van der Waals surface area contributed by atoms with E-state index < -0.39 is 12.1 Å². The van der Waals surface area contributed by atoms with Gasteiger partial charge in [-0.05, 0) is 36.4 Å². The molecule has 1 N–H and O–H groups in total. The first-order valence-corrected chi connectivity index (χ1v) is 9.27. The van der Waals surface area contributed by atoms with E-state index in [1.165, 1.54) is 12.1 Å². The van der Waals surface area contributed by atoms with Crippen molar-refractivity contribution in [1.82, 2.24) is 15.1 Å². The summed E-state index contributed by atoms with van der Waals surface area (Å²) in [5, 5.41) is 17.2. The summed E-state index contributed by atoms with van der Waals surface area (Å²) in [5.41, 5.74) is 0.731. The Hall–Kier alpha value is -3.88. The summed E-state index contributed by atoms with van der Waals surface area (Å²) >= 11 is 0. The molecule has 1 aliphatic rings. The van der Waals surface area contributed by atoms with Crippen LogP contribution in [-0.2, 0) is 4.79 Å². The number of carboxylic acids is 1. The van der Waals surface area contributed by atoms with Gasteiger partial charge in [-0.2, -0.15) is 0 Å². The minimum atomic E-state index is -1.12. The fourth-order valence-corrected chi connectivity index (χ4v) is 3.10. The molecule has 0 bridgehead atoms. The highest BCUT2D eigenvalue weighted by atomic mass is 16.5. The molecule has 1 aliphatic heterocycles. The minimum Gasteiger partial charge on any atom is -0.480 e. The zero-order chi connectivity index (χ0) is 21.3. The number of carbonyl (C=O) groups is 2. The lowest BCUT2D eigenvalue weighted by Gasteiger charge is -2.15. The van der Waals surface area contributed by atoms with Crippen molar-refractivity contribution < 1.29 is 28.6 Å². The highest BCUT2D eigenvalue weighted by molar-refractivity contribution is 5.89. The molecule has 0 radical (unpaired) electrons. The summed E-state index contributed by atoms with van der Waals surface area (Å²) in [6.07, 6.45) is -0.0940. The Labute approximate surface area is 171 Å². The minimum absolute atomic E-state index is 0.000689. The Balaban J connectivity index is 1.55. The maximum Gasteiger partial charge on any atom is 0.335 e. The first kappa shape index (κ1) is 19.4. The van der Waals surface area contributed by atoms with E-state index >= 15 is 0 Å². The molecule has 0 aliphatic carbocycles. The number of likely N-dealkylation sites (tertiary alicyclic amines) is 1. The van der Waals surface area contributed by atoms with Gasteiger partial charge in [-0.15, -0.1) is 10.2 Å². The van der Waals surface area contributed by atoms with Gasteiger partial charge in [0.1, 0.15) is 17.2 Å². The number of rotatable bonds is 6. The number of hydrogen-bond donors (Lipinski definition) is 1. The van der Waals surface area contributed by atoms with Gasteiger partial charge in [0.2, 0.25) is 11.8 Å². The molecule has 1 amide bonds. The van der Waals surface area contributed by atoms with Gasteiger partial charge >= 0.3 is 5.97 Å². The number of hydrogen-bond acceptors (Lipinski definition) is 7. The first-order valence-electron chi connectivity index (χ1n) is 9.27. The Morgan fingerprint density at radius 3 is 2.47 bits per heavy atom. The zero-order valence-electron chi connectivity index (χ0n) is 16.4. The second-order valence-electron chi connectivity index (χ2n) is 6.91. The molecular weight excluding hydrogens is 390 g/mol. The van der Waals surface area contributed by atoms with E-state index in [9.17, 15) is 14.7 Å². The molecular formula is C21H19N3O6. The lowest BCUT2D eigenvalue weighted by atomic mass is 10.2. The van der Waals surface area contributed by atoms with Gasteiger partial charge in [0.15, 0.2) is 6.10 Å². The van der Waals surface area contributed by atoms with Crippen LogP contribution in [0.4, 0.5) is 0 Å². The number of aryl methyl sites for hydroxylation is 1. The number of likely N-dealkylation sites (N-methyl/N-ethyl adjacent to an activating group) is 1. The molecule has 1 atom stereocenters. The van der Waals surface area contributed by atoms with E-state index in [4.69, 9.17) is 13.9 Å². The van der Waals surface area contributed by atoms with Gasteiger partial charge in [0.25, 0.3) is 5.91 Å². The average molecular weight is 409 g/mol. The van der Waals surface area contributed by atoms with Crippen molar-refractivity contribution in [3.05, 3.63) is 53.9 Å². The second-order valence-corrected chi connectivity index (χ2v) is 6.91. The highest BCUT2D eigenvalue weighted by Crippen LogP contribution is 2.30.